The van der Waals surface area contributed by atoms with Gasteiger partial charge in [-0.25, -0.2) is 10.3 Å². The monoisotopic (exact) mass is 189 g/mol. The summed E-state index contributed by atoms with van der Waals surface area (Å²) in [4.78, 5) is 21.3. The first-order valence-electron chi connectivity index (χ1n) is 4.29. The summed E-state index contributed by atoms with van der Waals surface area (Å²) in [6.45, 7) is 1.77. The zero-order chi connectivity index (χ0) is 10.1. The van der Waals surface area contributed by atoms with Gasteiger partial charge in [0, 0.05) is 6.42 Å². The number of carbonyl (C=O) groups excluding carboxylic acids is 2. The number of rotatable bonds is 6. The highest BCUT2D eigenvalue weighted by Crippen LogP contribution is 1.99. The molecule has 0 unspecified atom stereocenters. The van der Waals surface area contributed by atoms with Crippen LogP contribution in [-0.2, 0) is 9.53 Å². The minimum absolute atomic E-state index is 0.128. The van der Waals surface area contributed by atoms with Crippen molar-refractivity contribution in [2.24, 2.45) is 0 Å². The van der Waals surface area contributed by atoms with E-state index in [9.17, 15) is 9.59 Å². The zero-order valence-electron chi connectivity index (χ0n) is 7.71. The SMILES string of the molecule is CCCCCC(=O)COC(=O)NO. The minimum atomic E-state index is -0.996. The van der Waals surface area contributed by atoms with Gasteiger partial charge in [0.1, 0.15) is 0 Å². The lowest BCUT2D eigenvalue weighted by molar-refractivity contribution is -0.122. The molecule has 1 amide bonds. The molecule has 0 saturated heterocycles. The van der Waals surface area contributed by atoms with Gasteiger partial charge in [0.2, 0.25) is 0 Å². The molecule has 0 fully saturated rings. The number of ketones is 1. The molecule has 2 N–H and O–H groups in total. The fraction of sp³-hybridized carbons (Fsp3) is 0.750. The second-order valence-electron chi connectivity index (χ2n) is 2.68. The van der Waals surface area contributed by atoms with Crippen LogP contribution in [0.1, 0.15) is 32.6 Å². The van der Waals surface area contributed by atoms with E-state index in [1.807, 2.05) is 6.92 Å². The molecule has 0 rings (SSSR count). The Kier molecular flexibility index (Phi) is 6.91. The van der Waals surface area contributed by atoms with Gasteiger partial charge in [0.15, 0.2) is 12.4 Å². The average Bonchev–Trinajstić information content (AvgIpc) is 2.14. The molecule has 0 heterocycles. The molecular weight excluding hydrogens is 174 g/mol. The molecule has 0 aliphatic carbocycles. The largest absolute Gasteiger partial charge is 0.440 e. The Morgan fingerprint density at radius 2 is 2.08 bits per heavy atom. The van der Waals surface area contributed by atoms with Crippen LogP contribution in [0.5, 0.6) is 0 Å². The van der Waals surface area contributed by atoms with E-state index in [2.05, 4.69) is 4.74 Å². The Balaban J connectivity index is 3.35. The van der Waals surface area contributed by atoms with Crippen molar-refractivity contribution in [3.63, 3.8) is 0 Å². The number of unbranched alkanes of at least 4 members (excludes halogenated alkanes) is 2. The van der Waals surface area contributed by atoms with Crippen molar-refractivity contribution in [2.45, 2.75) is 32.6 Å². The summed E-state index contributed by atoms with van der Waals surface area (Å²) in [6.07, 6.45) is 2.29. The quantitative estimate of drug-likeness (QED) is 0.374. The van der Waals surface area contributed by atoms with Crippen LogP contribution in [0.2, 0.25) is 0 Å². The summed E-state index contributed by atoms with van der Waals surface area (Å²) in [5.74, 6) is -0.128. The Hall–Kier alpha value is -1.10. The molecule has 0 saturated carbocycles. The molecule has 0 aromatic rings. The summed E-state index contributed by atoms with van der Waals surface area (Å²) in [6, 6.07) is 0. The second-order valence-corrected chi connectivity index (χ2v) is 2.68. The van der Waals surface area contributed by atoms with Gasteiger partial charge in [-0.3, -0.25) is 10.0 Å². The maximum Gasteiger partial charge on any atom is 0.431 e. The van der Waals surface area contributed by atoms with E-state index in [-0.39, 0.29) is 12.4 Å². The van der Waals surface area contributed by atoms with Crippen LogP contribution in [0.15, 0.2) is 0 Å². The molecule has 0 aromatic carbocycles. The van der Waals surface area contributed by atoms with Crippen LogP contribution in [0.4, 0.5) is 4.79 Å². The Morgan fingerprint density at radius 1 is 1.38 bits per heavy atom. The van der Waals surface area contributed by atoms with Crippen molar-refractivity contribution in [3.8, 4) is 0 Å². The van der Waals surface area contributed by atoms with Crippen LogP contribution in [0, 0.1) is 0 Å². The number of nitrogens with one attached hydrogen (secondary N) is 1. The van der Waals surface area contributed by atoms with Gasteiger partial charge in [-0.05, 0) is 6.42 Å². The first kappa shape index (κ1) is 11.9. The lowest BCUT2D eigenvalue weighted by Crippen LogP contribution is -2.23. The van der Waals surface area contributed by atoms with Crippen molar-refractivity contribution in [2.75, 3.05) is 6.61 Å². The van der Waals surface area contributed by atoms with E-state index in [0.29, 0.717) is 6.42 Å². The number of hydrogen-bond acceptors (Lipinski definition) is 4. The predicted octanol–water partition coefficient (Wildman–Crippen LogP) is 1.25. The number of carbonyl (C=O) groups is 2. The highest BCUT2D eigenvalue weighted by Gasteiger charge is 2.05. The van der Waals surface area contributed by atoms with Gasteiger partial charge < -0.3 is 4.74 Å². The minimum Gasteiger partial charge on any atom is -0.440 e. The van der Waals surface area contributed by atoms with Crippen LogP contribution in [-0.4, -0.2) is 23.7 Å². The van der Waals surface area contributed by atoms with Gasteiger partial charge in [-0.2, -0.15) is 0 Å². The third-order valence-electron chi connectivity index (χ3n) is 1.51. The molecule has 5 heteroatoms. The molecule has 0 aliphatic heterocycles. The second kappa shape index (κ2) is 7.54. The van der Waals surface area contributed by atoms with Crippen LogP contribution < -0.4 is 5.48 Å². The van der Waals surface area contributed by atoms with Gasteiger partial charge in [0.25, 0.3) is 0 Å². The lowest BCUT2D eigenvalue weighted by atomic mass is 10.1. The van der Waals surface area contributed by atoms with Crippen molar-refractivity contribution < 1.29 is 19.5 Å². The van der Waals surface area contributed by atoms with Gasteiger partial charge in [-0.15, -0.1) is 0 Å². The van der Waals surface area contributed by atoms with Gasteiger partial charge in [-0.1, -0.05) is 19.8 Å². The number of ether oxygens (including phenoxy) is 1. The summed E-state index contributed by atoms with van der Waals surface area (Å²) >= 11 is 0. The molecule has 0 atom stereocenters. The molecule has 0 aromatic heterocycles. The van der Waals surface area contributed by atoms with Crippen molar-refractivity contribution >= 4 is 11.9 Å². The lowest BCUT2D eigenvalue weighted by Gasteiger charge is -2.01. The zero-order valence-corrected chi connectivity index (χ0v) is 7.71. The maximum atomic E-state index is 11.0. The van der Waals surface area contributed by atoms with Crippen LogP contribution >= 0.6 is 0 Å². The first-order valence-corrected chi connectivity index (χ1v) is 4.29. The fourth-order valence-corrected chi connectivity index (χ4v) is 0.823. The van der Waals surface area contributed by atoms with Crippen molar-refractivity contribution in [1.29, 1.82) is 0 Å². The molecule has 0 spiro atoms. The van der Waals surface area contributed by atoms with Crippen molar-refractivity contribution in [3.05, 3.63) is 0 Å². The highest BCUT2D eigenvalue weighted by atomic mass is 16.6. The van der Waals surface area contributed by atoms with E-state index in [1.54, 1.807) is 0 Å². The van der Waals surface area contributed by atoms with Crippen molar-refractivity contribution in [1.82, 2.24) is 5.48 Å². The molecule has 13 heavy (non-hydrogen) atoms. The third kappa shape index (κ3) is 7.27. The first-order chi connectivity index (χ1) is 6.20. The summed E-state index contributed by atoms with van der Waals surface area (Å²) in [7, 11) is 0. The van der Waals surface area contributed by atoms with E-state index >= 15 is 0 Å². The standard InChI is InChI=1S/C8H15NO4/c1-2-3-4-5-7(10)6-13-8(11)9-12/h12H,2-6H2,1H3,(H,9,11). The van der Waals surface area contributed by atoms with Crippen LogP contribution in [0.25, 0.3) is 0 Å². The molecule has 0 aliphatic rings. The molecule has 0 radical (unpaired) electrons. The topological polar surface area (TPSA) is 75.6 Å². The van der Waals surface area contributed by atoms with Crippen LogP contribution in [0.3, 0.4) is 0 Å². The summed E-state index contributed by atoms with van der Waals surface area (Å²) in [5, 5.41) is 8.03. The number of Topliss-reactive ketones (excluding diaryl/α,β-unsaturated/α-hetero) is 1. The average molecular weight is 189 g/mol. The van der Waals surface area contributed by atoms with E-state index < -0.39 is 6.09 Å². The Morgan fingerprint density at radius 3 is 2.62 bits per heavy atom. The molecule has 0 bridgehead atoms. The number of hydrogen-bond donors (Lipinski definition) is 2. The Bertz CT molecular complexity index is 170. The van der Waals surface area contributed by atoms with Gasteiger partial charge >= 0.3 is 6.09 Å². The maximum absolute atomic E-state index is 11.0. The molecule has 5 nitrogen and oxygen atoms in total. The normalized spacial score (nSPS) is 9.38. The summed E-state index contributed by atoms with van der Waals surface area (Å²) < 4.78 is 4.33. The third-order valence-corrected chi connectivity index (χ3v) is 1.51. The predicted molar refractivity (Wildman–Crippen MR) is 45.4 cm³/mol. The number of hydroxylamine groups is 1. The van der Waals surface area contributed by atoms with E-state index in [4.69, 9.17) is 5.21 Å². The number of amides is 1. The smallest absolute Gasteiger partial charge is 0.431 e. The van der Waals surface area contributed by atoms with E-state index in [0.717, 1.165) is 19.3 Å². The molecule has 76 valence electrons. The fourth-order valence-electron chi connectivity index (χ4n) is 0.823. The molecular formula is C8H15NO4. The Labute approximate surface area is 77.0 Å². The van der Waals surface area contributed by atoms with E-state index in [1.165, 1.54) is 5.48 Å². The highest BCUT2D eigenvalue weighted by molar-refractivity contribution is 5.81. The van der Waals surface area contributed by atoms with Gasteiger partial charge in [0.05, 0.1) is 0 Å². The summed E-state index contributed by atoms with van der Waals surface area (Å²) in [5.41, 5.74) is 1.27.